The Labute approximate surface area is 74.3 Å². The molecule has 0 saturated carbocycles. The van der Waals surface area contributed by atoms with E-state index in [4.69, 9.17) is 16.7 Å². The zero-order valence-electron chi connectivity index (χ0n) is 6.24. The molecule has 0 radical (unpaired) electrons. The lowest BCUT2D eigenvalue weighted by molar-refractivity contribution is -0.419. The van der Waals surface area contributed by atoms with E-state index in [0.717, 1.165) is 0 Å². The van der Waals surface area contributed by atoms with Crippen molar-refractivity contribution in [2.24, 2.45) is 0 Å². The summed E-state index contributed by atoms with van der Waals surface area (Å²) in [5, 5.41) is 19.0. The van der Waals surface area contributed by atoms with Crippen LogP contribution in [0.1, 0.15) is 6.42 Å². The van der Waals surface area contributed by atoms with Gasteiger partial charge in [-0.05, 0) is 12.5 Å². The molecule has 4 nitrogen and oxygen atoms in total. The molecular formula is C7H8ClNO3. The molecule has 1 N–H and O–H groups in total. The van der Waals surface area contributed by atoms with E-state index in [1.54, 1.807) is 0 Å². The van der Waals surface area contributed by atoms with E-state index in [0.29, 0.717) is 0 Å². The average Bonchev–Trinajstić information content (AvgIpc) is 2.05. The van der Waals surface area contributed by atoms with Crippen molar-refractivity contribution in [3.63, 3.8) is 0 Å². The van der Waals surface area contributed by atoms with Crippen LogP contribution in [0.15, 0.2) is 23.9 Å². The van der Waals surface area contributed by atoms with Crippen molar-refractivity contribution in [2.75, 3.05) is 6.61 Å². The maximum Gasteiger partial charge on any atom is 0.265 e. The summed E-state index contributed by atoms with van der Waals surface area (Å²) in [4.78, 5) is 8.90. The molecule has 0 bridgehead atoms. The molecule has 5 heteroatoms. The van der Waals surface area contributed by atoms with E-state index in [1.165, 1.54) is 18.2 Å². The van der Waals surface area contributed by atoms with E-state index in [-0.39, 0.29) is 18.7 Å². The van der Waals surface area contributed by atoms with Gasteiger partial charge in [-0.25, -0.2) is 0 Å². The zero-order valence-corrected chi connectivity index (χ0v) is 6.99. The SMILES string of the molecule is O=[N+]([O-])C1=CCC(Cl)(CO)C=C1. The molecule has 0 heterocycles. The van der Waals surface area contributed by atoms with Gasteiger partial charge >= 0.3 is 0 Å². The minimum atomic E-state index is -0.848. The van der Waals surface area contributed by atoms with Crippen molar-refractivity contribution in [1.82, 2.24) is 0 Å². The fourth-order valence-electron chi connectivity index (χ4n) is 0.898. The molecule has 0 amide bonds. The predicted octanol–water partition coefficient (Wildman–Crippen LogP) is 1.08. The van der Waals surface area contributed by atoms with Crippen molar-refractivity contribution >= 4 is 11.6 Å². The summed E-state index contributed by atoms with van der Waals surface area (Å²) in [6.45, 7) is -0.216. The first-order valence-corrected chi connectivity index (χ1v) is 3.79. The summed E-state index contributed by atoms with van der Waals surface area (Å²) < 4.78 is 0. The van der Waals surface area contributed by atoms with Crippen molar-refractivity contribution in [3.05, 3.63) is 34.0 Å². The number of nitro groups is 1. The molecule has 1 aliphatic carbocycles. The van der Waals surface area contributed by atoms with E-state index < -0.39 is 9.80 Å². The Morgan fingerprint density at radius 2 is 2.50 bits per heavy atom. The number of rotatable bonds is 2. The van der Waals surface area contributed by atoms with Gasteiger partial charge in [0.2, 0.25) is 0 Å². The molecule has 0 aromatic carbocycles. The van der Waals surface area contributed by atoms with Crippen molar-refractivity contribution in [3.8, 4) is 0 Å². The molecule has 0 saturated heterocycles. The summed E-state index contributed by atoms with van der Waals surface area (Å²) in [5.41, 5.74) is 0.0275. The van der Waals surface area contributed by atoms with Crippen LogP contribution < -0.4 is 0 Å². The quantitative estimate of drug-likeness (QED) is 0.402. The molecule has 1 atom stereocenters. The Morgan fingerprint density at radius 3 is 2.83 bits per heavy atom. The number of aliphatic hydroxyl groups is 1. The molecule has 1 rings (SSSR count). The summed E-state index contributed by atoms with van der Waals surface area (Å²) in [5.74, 6) is 0. The Kier molecular flexibility index (Phi) is 2.49. The number of hydrogen-bond donors (Lipinski definition) is 1. The maximum absolute atomic E-state index is 10.2. The first kappa shape index (κ1) is 9.22. The van der Waals surface area contributed by atoms with E-state index in [9.17, 15) is 10.1 Å². The highest BCUT2D eigenvalue weighted by molar-refractivity contribution is 6.25. The Balaban J connectivity index is 2.74. The van der Waals surface area contributed by atoms with Crippen LogP contribution in [0.2, 0.25) is 0 Å². The third-order valence-corrected chi connectivity index (χ3v) is 2.08. The summed E-state index contributed by atoms with van der Waals surface area (Å²) in [6, 6.07) is 0. The number of nitrogens with zero attached hydrogens (tertiary/aromatic N) is 1. The second-order valence-electron chi connectivity index (χ2n) is 2.62. The van der Waals surface area contributed by atoms with Crippen LogP contribution in [0.3, 0.4) is 0 Å². The first-order chi connectivity index (χ1) is 5.57. The fraction of sp³-hybridized carbons (Fsp3) is 0.429. The molecule has 0 aromatic heterocycles. The zero-order chi connectivity index (χ0) is 9.19. The van der Waals surface area contributed by atoms with Crippen LogP contribution >= 0.6 is 11.6 Å². The lowest BCUT2D eigenvalue weighted by Gasteiger charge is -2.20. The van der Waals surface area contributed by atoms with E-state index in [1.807, 2.05) is 0 Å². The molecule has 0 fully saturated rings. The smallest absolute Gasteiger partial charge is 0.265 e. The topological polar surface area (TPSA) is 63.4 Å². The number of aliphatic hydroxyl groups excluding tert-OH is 1. The highest BCUT2D eigenvalue weighted by atomic mass is 35.5. The van der Waals surface area contributed by atoms with Gasteiger partial charge in [0, 0.05) is 6.08 Å². The predicted molar refractivity (Wildman–Crippen MR) is 44.5 cm³/mol. The number of halogens is 1. The van der Waals surface area contributed by atoms with Crippen LogP contribution in [-0.2, 0) is 0 Å². The molecule has 0 aliphatic heterocycles. The van der Waals surface area contributed by atoms with Crippen molar-refractivity contribution in [1.29, 1.82) is 0 Å². The lowest BCUT2D eigenvalue weighted by Crippen LogP contribution is -2.25. The molecule has 0 spiro atoms. The Bertz CT molecular complexity index is 261. The molecule has 12 heavy (non-hydrogen) atoms. The van der Waals surface area contributed by atoms with Crippen LogP contribution in [0.5, 0.6) is 0 Å². The van der Waals surface area contributed by atoms with Gasteiger partial charge in [0.05, 0.1) is 16.4 Å². The first-order valence-electron chi connectivity index (χ1n) is 3.41. The summed E-state index contributed by atoms with van der Waals surface area (Å²) in [7, 11) is 0. The van der Waals surface area contributed by atoms with Crippen molar-refractivity contribution in [2.45, 2.75) is 11.3 Å². The van der Waals surface area contributed by atoms with Gasteiger partial charge in [0.25, 0.3) is 5.70 Å². The second-order valence-corrected chi connectivity index (χ2v) is 3.37. The standard InChI is InChI=1S/C7H8ClNO3/c8-7(5-10)3-1-6(2-4-7)9(11)12/h1-3,10H,4-5H2. The molecular weight excluding hydrogens is 182 g/mol. The van der Waals surface area contributed by atoms with E-state index in [2.05, 4.69) is 0 Å². The number of allylic oxidation sites excluding steroid dienone is 2. The molecule has 66 valence electrons. The average molecular weight is 190 g/mol. The minimum Gasteiger partial charge on any atom is -0.394 e. The largest absolute Gasteiger partial charge is 0.394 e. The Morgan fingerprint density at radius 1 is 1.83 bits per heavy atom. The highest BCUT2D eigenvalue weighted by Crippen LogP contribution is 2.27. The summed E-state index contributed by atoms with van der Waals surface area (Å²) in [6.07, 6.45) is 4.46. The molecule has 1 aliphatic rings. The number of alkyl halides is 1. The third kappa shape index (κ3) is 1.84. The van der Waals surface area contributed by atoms with E-state index >= 15 is 0 Å². The number of hydrogen-bond acceptors (Lipinski definition) is 3. The van der Waals surface area contributed by atoms with Gasteiger partial charge in [-0.3, -0.25) is 10.1 Å². The van der Waals surface area contributed by atoms with Crippen LogP contribution in [0.4, 0.5) is 0 Å². The lowest BCUT2D eigenvalue weighted by atomic mass is 10.00. The van der Waals surface area contributed by atoms with Gasteiger partial charge in [0.1, 0.15) is 0 Å². The fourth-order valence-corrected chi connectivity index (χ4v) is 1.04. The Hall–Kier alpha value is -0.870. The molecule has 0 aromatic rings. The van der Waals surface area contributed by atoms with Crippen molar-refractivity contribution < 1.29 is 10.0 Å². The molecule has 1 unspecified atom stereocenters. The van der Waals surface area contributed by atoms with Crippen LogP contribution in [0.25, 0.3) is 0 Å². The van der Waals surface area contributed by atoms with Gasteiger partial charge in [-0.15, -0.1) is 11.6 Å². The van der Waals surface area contributed by atoms with Crippen LogP contribution in [0, 0.1) is 10.1 Å². The van der Waals surface area contributed by atoms with Gasteiger partial charge in [0.15, 0.2) is 0 Å². The summed E-state index contributed by atoms with van der Waals surface area (Å²) >= 11 is 5.83. The van der Waals surface area contributed by atoms with Gasteiger partial charge in [-0.2, -0.15) is 0 Å². The van der Waals surface area contributed by atoms with Gasteiger partial charge < -0.3 is 5.11 Å². The highest BCUT2D eigenvalue weighted by Gasteiger charge is 2.27. The second kappa shape index (κ2) is 3.25. The third-order valence-electron chi connectivity index (χ3n) is 1.68. The minimum absolute atomic E-state index is 0.0275. The van der Waals surface area contributed by atoms with Crippen LogP contribution in [-0.4, -0.2) is 21.5 Å². The monoisotopic (exact) mass is 189 g/mol. The van der Waals surface area contributed by atoms with Gasteiger partial charge in [-0.1, -0.05) is 6.08 Å². The normalized spacial score (nSPS) is 28.3. The maximum atomic E-state index is 10.2.